The van der Waals surface area contributed by atoms with Crippen molar-refractivity contribution in [2.24, 2.45) is 17.8 Å². The van der Waals surface area contributed by atoms with Crippen molar-refractivity contribution < 1.29 is 0 Å². The summed E-state index contributed by atoms with van der Waals surface area (Å²) in [5.74, 6) is 3.11. The summed E-state index contributed by atoms with van der Waals surface area (Å²) in [5.41, 5.74) is 0. The molecule has 2 heteroatoms. The van der Waals surface area contributed by atoms with E-state index in [4.69, 9.17) is 0 Å². The third-order valence-electron chi connectivity index (χ3n) is 4.91. The van der Waals surface area contributed by atoms with Crippen LogP contribution in [-0.4, -0.2) is 37.6 Å². The predicted molar refractivity (Wildman–Crippen MR) is 76.7 cm³/mol. The van der Waals surface area contributed by atoms with Crippen molar-refractivity contribution in [1.82, 2.24) is 10.2 Å². The minimum absolute atomic E-state index is 0.974. The summed E-state index contributed by atoms with van der Waals surface area (Å²) in [4.78, 5) is 2.80. The van der Waals surface area contributed by atoms with Crippen LogP contribution in [0.1, 0.15) is 51.4 Å². The van der Waals surface area contributed by atoms with Crippen molar-refractivity contribution >= 4 is 0 Å². The Bertz CT molecular complexity index is 225. The van der Waals surface area contributed by atoms with Crippen LogP contribution in [0, 0.1) is 17.8 Å². The minimum atomic E-state index is 0.974. The highest BCUT2D eigenvalue weighted by Crippen LogP contribution is 2.33. The molecule has 18 heavy (non-hydrogen) atoms. The van der Waals surface area contributed by atoms with Gasteiger partial charge in [-0.05, 0) is 88.8 Å². The Hall–Kier alpha value is -0.0800. The lowest BCUT2D eigenvalue weighted by molar-refractivity contribution is 0.235. The summed E-state index contributed by atoms with van der Waals surface area (Å²) in [5, 5.41) is 3.54. The highest BCUT2D eigenvalue weighted by Gasteiger charge is 2.28. The van der Waals surface area contributed by atoms with Gasteiger partial charge in [0.25, 0.3) is 0 Å². The Kier molecular flexibility index (Phi) is 4.58. The molecule has 1 heterocycles. The molecule has 1 aliphatic heterocycles. The molecule has 3 rings (SSSR count). The second kappa shape index (κ2) is 6.38. The molecule has 1 unspecified atom stereocenters. The van der Waals surface area contributed by atoms with E-state index >= 15 is 0 Å². The Morgan fingerprint density at radius 2 is 1.61 bits per heavy atom. The van der Waals surface area contributed by atoms with E-state index in [2.05, 4.69) is 10.2 Å². The van der Waals surface area contributed by atoms with Crippen molar-refractivity contribution in [3.63, 3.8) is 0 Å². The largest absolute Gasteiger partial charge is 0.316 e. The van der Waals surface area contributed by atoms with Crippen molar-refractivity contribution in [2.75, 3.05) is 32.7 Å². The number of rotatable bonds is 8. The van der Waals surface area contributed by atoms with E-state index in [-0.39, 0.29) is 0 Å². The van der Waals surface area contributed by atoms with Gasteiger partial charge in [-0.25, -0.2) is 0 Å². The Morgan fingerprint density at radius 3 is 2.17 bits per heavy atom. The van der Waals surface area contributed by atoms with Crippen LogP contribution < -0.4 is 5.32 Å². The fourth-order valence-corrected chi connectivity index (χ4v) is 3.36. The lowest BCUT2D eigenvalue weighted by atomic mass is 9.94. The van der Waals surface area contributed by atoms with Crippen LogP contribution in [0.25, 0.3) is 0 Å². The summed E-state index contributed by atoms with van der Waals surface area (Å²) in [6.45, 7) is 6.75. The first-order valence-electron chi connectivity index (χ1n) is 8.33. The van der Waals surface area contributed by atoms with E-state index in [1.807, 2.05) is 0 Å². The van der Waals surface area contributed by atoms with E-state index in [9.17, 15) is 0 Å². The summed E-state index contributed by atoms with van der Waals surface area (Å²) in [6, 6.07) is 0. The number of hydrogen-bond acceptors (Lipinski definition) is 2. The topological polar surface area (TPSA) is 15.3 Å². The second-order valence-electron chi connectivity index (χ2n) is 7.00. The molecular formula is C16H30N2. The van der Waals surface area contributed by atoms with E-state index in [0.717, 1.165) is 17.8 Å². The molecule has 1 atom stereocenters. The summed E-state index contributed by atoms with van der Waals surface area (Å²) >= 11 is 0. The zero-order valence-electron chi connectivity index (χ0n) is 11.9. The zero-order chi connectivity index (χ0) is 12.2. The molecule has 1 saturated heterocycles. The zero-order valence-corrected chi connectivity index (χ0v) is 11.9. The van der Waals surface area contributed by atoms with Gasteiger partial charge < -0.3 is 10.2 Å². The van der Waals surface area contributed by atoms with Crippen molar-refractivity contribution in [3.8, 4) is 0 Å². The Morgan fingerprint density at radius 1 is 0.889 bits per heavy atom. The molecule has 2 saturated carbocycles. The smallest absolute Gasteiger partial charge is 0.000978 e. The van der Waals surface area contributed by atoms with Crippen LogP contribution in [0.4, 0.5) is 0 Å². The fraction of sp³-hybridized carbons (Fsp3) is 1.00. The minimum Gasteiger partial charge on any atom is -0.316 e. The number of nitrogens with zero attached hydrogens (tertiary/aromatic N) is 1. The highest BCUT2D eigenvalue weighted by molar-refractivity contribution is 4.82. The first kappa shape index (κ1) is 12.9. The van der Waals surface area contributed by atoms with E-state index < -0.39 is 0 Å². The van der Waals surface area contributed by atoms with Gasteiger partial charge in [-0.2, -0.15) is 0 Å². The van der Waals surface area contributed by atoms with E-state index in [1.165, 1.54) is 84.1 Å². The average Bonchev–Trinajstić information content (AvgIpc) is 3.26. The van der Waals surface area contributed by atoms with Crippen LogP contribution in [0.5, 0.6) is 0 Å². The van der Waals surface area contributed by atoms with Gasteiger partial charge >= 0.3 is 0 Å². The molecule has 0 bridgehead atoms. The van der Waals surface area contributed by atoms with Gasteiger partial charge in [0.2, 0.25) is 0 Å². The van der Waals surface area contributed by atoms with E-state index in [0.29, 0.717) is 0 Å². The number of piperidine rings is 1. The van der Waals surface area contributed by atoms with Gasteiger partial charge in [0, 0.05) is 13.1 Å². The molecule has 0 aromatic heterocycles. The maximum absolute atomic E-state index is 3.54. The molecule has 2 nitrogen and oxygen atoms in total. The molecule has 3 fully saturated rings. The van der Waals surface area contributed by atoms with Crippen molar-refractivity contribution in [3.05, 3.63) is 0 Å². The molecule has 0 spiro atoms. The van der Waals surface area contributed by atoms with Crippen molar-refractivity contribution in [2.45, 2.75) is 51.4 Å². The van der Waals surface area contributed by atoms with Gasteiger partial charge in [-0.15, -0.1) is 0 Å². The summed E-state index contributed by atoms with van der Waals surface area (Å²) < 4.78 is 0. The molecule has 0 amide bonds. The van der Waals surface area contributed by atoms with Gasteiger partial charge in [0.15, 0.2) is 0 Å². The lowest BCUT2D eigenvalue weighted by Gasteiger charge is -2.25. The summed E-state index contributed by atoms with van der Waals surface area (Å²) in [7, 11) is 0. The molecule has 2 aliphatic carbocycles. The molecule has 0 aromatic carbocycles. The van der Waals surface area contributed by atoms with E-state index in [1.54, 1.807) is 0 Å². The first-order valence-corrected chi connectivity index (χ1v) is 8.33. The Balaban J connectivity index is 1.32. The molecule has 0 radical (unpaired) electrons. The molecule has 3 aliphatic rings. The second-order valence-corrected chi connectivity index (χ2v) is 7.00. The predicted octanol–water partition coefficient (Wildman–Crippen LogP) is 2.89. The van der Waals surface area contributed by atoms with Gasteiger partial charge in [0.05, 0.1) is 0 Å². The number of nitrogens with one attached hydrogen (secondary N) is 1. The quantitative estimate of drug-likeness (QED) is 0.712. The monoisotopic (exact) mass is 250 g/mol. The molecule has 104 valence electrons. The maximum Gasteiger partial charge on any atom is 0.000978 e. The third-order valence-corrected chi connectivity index (χ3v) is 4.91. The van der Waals surface area contributed by atoms with Crippen molar-refractivity contribution in [1.29, 1.82) is 0 Å². The van der Waals surface area contributed by atoms with Gasteiger partial charge in [0.1, 0.15) is 0 Å². The number of hydrogen-bond donors (Lipinski definition) is 1. The summed E-state index contributed by atoms with van der Waals surface area (Å²) in [6.07, 6.45) is 11.8. The Labute approximate surface area is 113 Å². The SMILES string of the molecule is C1CNCC(CCCN(CC2CC2)CC2CC2)C1. The lowest BCUT2D eigenvalue weighted by Crippen LogP contribution is -2.32. The van der Waals surface area contributed by atoms with Gasteiger partial charge in [-0.3, -0.25) is 0 Å². The fourth-order valence-electron chi connectivity index (χ4n) is 3.36. The normalized spacial score (nSPS) is 28.8. The molecule has 1 N–H and O–H groups in total. The van der Waals surface area contributed by atoms with Gasteiger partial charge in [-0.1, -0.05) is 0 Å². The third kappa shape index (κ3) is 4.55. The van der Waals surface area contributed by atoms with Crippen LogP contribution >= 0.6 is 0 Å². The van der Waals surface area contributed by atoms with Crippen LogP contribution in [0.3, 0.4) is 0 Å². The molecule has 0 aromatic rings. The standard InChI is InChI=1S/C16H30N2/c1-3-14(11-17-9-1)4-2-10-18(12-15-5-6-15)13-16-7-8-16/h14-17H,1-13H2. The molecular weight excluding hydrogens is 220 g/mol. The van der Waals surface area contributed by atoms with Crippen LogP contribution in [0.15, 0.2) is 0 Å². The van der Waals surface area contributed by atoms with Crippen LogP contribution in [-0.2, 0) is 0 Å². The van der Waals surface area contributed by atoms with Crippen LogP contribution in [0.2, 0.25) is 0 Å². The highest BCUT2D eigenvalue weighted by atomic mass is 15.1. The first-order chi connectivity index (χ1) is 8.90. The maximum atomic E-state index is 3.54. The average molecular weight is 250 g/mol.